The van der Waals surface area contributed by atoms with Crippen molar-refractivity contribution in [1.82, 2.24) is 0 Å². The first kappa shape index (κ1) is 13.2. The van der Waals surface area contributed by atoms with Crippen molar-refractivity contribution in [3.8, 4) is 5.75 Å². The highest BCUT2D eigenvalue weighted by Gasteiger charge is 2.15. The second-order valence-corrected chi connectivity index (χ2v) is 5.35. The third-order valence-corrected chi connectivity index (χ3v) is 4.08. The lowest BCUT2D eigenvalue weighted by Crippen LogP contribution is -2.08. The first-order valence-electron chi connectivity index (χ1n) is 6.33. The molecule has 1 atom stereocenters. The second kappa shape index (κ2) is 6.64. The summed E-state index contributed by atoms with van der Waals surface area (Å²) in [6, 6.07) is 8.18. The van der Waals surface area contributed by atoms with Crippen LogP contribution in [0, 0.1) is 0 Å². The molecular formula is C15H19NOS. The molecule has 1 aliphatic rings. The van der Waals surface area contributed by atoms with E-state index < -0.39 is 0 Å². The molecule has 0 spiro atoms. The summed E-state index contributed by atoms with van der Waals surface area (Å²) < 4.78 is 5.40. The zero-order chi connectivity index (χ0) is 12.8. The smallest absolute Gasteiger partial charge is 0.122 e. The number of hydrogen-bond donors (Lipinski definition) is 0. The van der Waals surface area contributed by atoms with Gasteiger partial charge in [0.15, 0.2) is 0 Å². The Kier molecular flexibility index (Phi) is 4.88. The summed E-state index contributed by atoms with van der Waals surface area (Å²) in [5, 5.41) is 1.16. The maximum absolute atomic E-state index is 5.40. The molecule has 1 heterocycles. The molecule has 0 aromatic heterocycles. The zero-order valence-electron chi connectivity index (χ0n) is 10.9. The van der Waals surface area contributed by atoms with Crippen LogP contribution >= 0.6 is 11.8 Å². The van der Waals surface area contributed by atoms with Crippen LogP contribution in [0.25, 0.3) is 0 Å². The Morgan fingerprint density at radius 2 is 2.22 bits per heavy atom. The topological polar surface area (TPSA) is 21.6 Å². The highest BCUT2D eigenvalue weighted by molar-refractivity contribution is 8.14. The summed E-state index contributed by atoms with van der Waals surface area (Å²) in [5.41, 5.74) is 1.22. The van der Waals surface area contributed by atoms with E-state index in [2.05, 4.69) is 36.2 Å². The van der Waals surface area contributed by atoms with E-state index in [9.17, 15) is 0 Å². The molecular weight excluding hydrogens is 242 g/mol. The van der Waals surface area contributed by atoms with Crippen LogP contribution in [0.15, 0.2) is 41.4 Å². The Hall–Kier alpha value is -1.22. The Balaban J connectivity index is 2.06. The molecule has 96 valence electrons. The molecule has 2 rings (SSSR count). The molecule has 2 nitrogen and oxygen atoms in total. The summed E-state index contributed by atoms with van der Waals surface area (Å²) in [6.07, 6.45) is 5.57. The maximum Gasteiger partial charge on any atom is 0.122 e. The van der Waals surface area contributed by atoms with E-state index in [0.717, 1.165) is 23.1 Å². The van der Waals surface area contributed by atoms with Crippen molar-refractivity contribution in [1.29, 1.82) is 0 Å². The lowest BCUT2D eigenvalue weighted by atomic mass is 9.96. The molecule has 0 bridgehead atoms. The van der Waals surface area contributed by atoms with Crippen molar-refractivity contribution in [2.75, 3.05) is 19.4 Å². The predicted octanol–water partition coefficient (Wildman–Crippen LogP) is 3.89. The summed E-state index contributed by atoms with van der Waals surface area (Å²) in [6.45, 7) is 3.01. The molecule has 0 saturated heterocycles. The first-order valence-corrected chi connectivity index (χ1v) is 7.32. The standard InChI is InChI=1S/C15H19NOS/c1-3-10-18-15-9-8-12(11-16-15)13-6-4-5-7-14(13)17-2/h4-9,12H,3,10-11H2,1-2H3. The summed E-state index contributed by atoms with van der Waals surface area (Å²) >= 11 is 1.84. The average molecular weight is 261 g/mol. The van der Waals surface area contributed by atoms with Gasteiger partial charge in [-0.1, -0.05) is 31.2 Å². The van der Waals surface area contributed by atoms with Gasteiger partial charge in [0.25, 0.3) is 0 Å². The van der Waals surface area contributed by atoms with Crippen LogP contribution in [0.5, 0.6) is 5.75 Å². The number of nitrogens with zero attached hydrogens (tertiary/aromatic N) is 1. The van der Waals surface area contributed by atoms with E-state index >= 15 is 0 Å². The molecule has 0 saturated carbocycles. The van der Waals surface area contributed by atoms with Gasteiger partial charge in [-0.15, -0.1) is 11.8 Å². The van der Waals surface area contributed by atoms with E-state index in [1.54, 1.807) is 7.11 Å². The number of para-hydroxylation sites is 1. The normalized spacial score (nSPS) is 18.6. The molecule has 1 aromatic rings. The molecule has 1 unspecified atom stereocenters. The van der Waals surface area contributed by atoms with Crippen LogP contribution in [0.1, 0.15) is 24.8 Å². The van der Waals surface area contributed by atoms with Gasteiger partial charge in [-0.05, 0) is 24.3 Å². The molecule has 18 heavy (non-hydrogen) atoms. The maximum atomic E-state index is 5.40. The zero-order valence-corrected chi connectivity index (χ0v) is 11.7. The van der Waals surface area contributed by atoms with E-state index in [1.807, 2.05) is 23.9 Å². The van der Waals surface area contributed by atoms with E-state index in [1.165, 1.54) is 12.0 Å². The molecule has 0 N–H and O–H groups in total. The van der Waals surface area contributed by atoms with E-state index in [-0.39, 0.29) is 0 Å². The monoisotopic (exact) mass is 261 g/mol. The minimum atomic E-state index is 0.340. The van der Waals surface area contributed by atoms with Crippen molar-refractivity contribution in [2.24, 2.45) is 4.99 Å². The van der Waals surface area contributed by atoms with Crippen LogP contribution in [-0.4, -0.2) is 24.5 Å². The fourth-order valence-electron chi connectivity index (χ4n) is 1.98. The number of rotatable bonds is 4. The molecule has 3 heteroatoms. The summed E-state index contributed by atoms with van der Waals surface area (Å²) in [4.78, 5) is 4.64. The van der Waals surface area contributed by atoms with Crippen LogP contribution in [0.4, 0.5) is 0 Å². The van der Waals surface area contributed by atoms with Crippen LogP contribution < -0.4 is 4.74 Å². The van der Waals surface area contributed by atoms with Crippen molar-refractivity contribution < 1.29 is 4.74 Å². The molecule has 0 fully saturated rings. The Morgan fingerprint density at radius 1 is 1.39 bits per heavy atom. The molecule has 0 aliphatic carbocycles. The van der Waals surface area contributed by atoms with Crippen LogP contribution in [-0.2, 0) is 0 Å². The summed E-state index contributed by atoms with van der Waals surface area (Å²) in [7, 11) is 1.72. The quantitative estimate of drug-likeness (QED) is 0.820. The Labute approximate surface area is 113 Å². The van der Waals surface area contributed by atoms with Crippen LogP contribution in [0.2, 0.25) is 0 Å². The molecule has 1 aliphatic heterocycles. The van der Waals surface area contributed by atoms with Crippen molar-refractivity contribution in [3.63, 3.8) is 0 Å². The van der Waals surface area contributed by atoms with Crippen molar-refractivity contribution in [2.45, 2.75) is 19.3 Å². The lowest BCUT2D eigenvalue weighted by molar-refractivity contribution is 0.408. The van der Waals surface area contributed by atoms with Gasteiger partial charge in [-0.2, -0.15) is 0 Å². The van der Waals surface area contributed by atoms with Gasteiger partial charge in [-0.25, -0.2) is 0 Å². The third kappa shape index (κ3) is 3.16. The Morgan fingerprint density at radius 3 is 2.89 bits per heavy atom. The van der Waals surface area contributed by atoms with Crippen molar-refractivity contribution >= 4 is 16.8 Å². The number of hydrogen-bond acceptors (Lipinski definition) is 3. The molecule has 0 amide bonds. The highest BCUT2D eigenvalue weighted by atomic mass is 32.2. The number of aliphatic imine (C=N–C) groups is 1. The number of thioether (sulfide) groups is 1. The van der Waals surface area contributed by atoms with Crippen LogP contribution in [0.3, 0.4) is 0 Å². The van der Waals surface area contributed by atoms with Gasteiger partial charge in [-0.3, -0.25) is 4.99 Å². The largest absolute Gasteiger partial charge is 0.496 e. The fraction of sp³-hybridized carbons (Fsp3) is 0.400. The number of methoxy groups -OCH3 is 1. The minimum absolute atomic E-state index is 0.340. The minimum Gasteiger partial charge on any atom is -0.496 e. The SMILES string of the molecule is CCCSC1=NCC(c2ccccc2OC)C=C1. The second-order valence-electron chi connectivity index (χ2n) is 4.23. The molecule has 0 radical (unpaired) electrons. The van der Waals surface area contributed by atoms with Crippen molar-refractivity contribution in [3.05, 3.63) is 42.0 Å². The van der Waals surface area contributed by atoms with Gasteiger partial charge in [0, 0.05) is 11.5 Å². The Bertz CT molecular complexity index is 454. The number of ether oxygens (including phenoxy) is 1. The number of benzene rings is 1. The van der Waals surface area contributed by atoms with Gasteiger partial charge in [0.2, 0.25) is 0 Å². The summed E-state index contributed by atoms with van der Waals surface area (Å²) in [5.74, 6) is 2.43. The third-order valence-electron chi connectivity index (χ3n) is 2.91. The molecule has 1 aromatic carbocycles. The predicted molar refractivity (Wildman–Crippen MR) is 79.9 cm³/mol. The average Bonchev–Trinajstić information content (AvgIpc) is 2.45. The first-order chi connectivity index (χ1) is 8.85. The van der Waals surface area contributed by atoms with E-state index in [4.69, 9.17) is 4.74 Å². The lowest BCUT2D eigenvalue weighted by Gasteiger charge is -2.18. The van der Waals surface area contributed by atoms with Gasteiger partial charge in [0.1, 0.15) is 5.75 Å². The fourth-order valence-corrected chi connectivity index (χ4v) is 2.73. The van der Waals surface area contributed by atoms with E-state index in [0.29, 0.717) is 5.92 Å². The number of dihydropyridines is 1. The van der Waals surface area contributed by atoms with Gasteiger partial charge < -0.3 is 4.74 Å². The van der Waals surface area contributed by atoms with Gasteiger partial charge in [0.05, 0.1) is 18.7 Å². The highest BCUT2D eigenvalue weighted by Crippen LogP contribution is 2.30. The van der Waals surface area contributed by atoms with Gasteiger partial charge >= 0.3 is 0 Å².